The van der Waals surface area contributed by atoms with Crippen molar-refractivity contribution in [2.24, 2.45) is 0 Å². The largest absolute Gasteiger partial charge is 0.457 e. The minimum Gasteiger partial charge on any atom is -0.457 e. The maximum absolute atomic E-state index is 9.31. The maximum atomic E-state index is 9.31. The average molecular weight is 906 g/mol. The van der Waals surface area contributed by atoms with Gasteiger partial charge < -0.3 is 9.30 Å². The van der Waals surface area contributed by atoms with E-state index in [0.717, 1.165) is 72.7 Å². The molecule has 0 amide bonds. The molecule has 2 aromatic heterocycles. The first-order chi connectivity index (χ1) is 35.1. The number of ether oxygens (including phenoxy) is 1. The molecule has 0 N–H and O–H groups in total. The average Bonchev–Trinajstić information content (AvgIpc) is 3.94. The lowest BCUT2D eigenvalue weighted by Gasteiger charge is -2.39. The lowest BCUT2D eigenvalue weighted by Crippen LogP contribution is -2.32. The normalized spacial score (nSPS) is 12.7. The summed E-state index contributed by atoms with van der Waals surface area (Å²) in [6, 6.07) is 85.1. The Morgan fingerprint density at radius 3 is 1.63 bits per heavy atom. The SMILES string of the molecule is N#Cc1ccc(-c2ccc(-c3nc(-c4ccccc4)nc(-c4cccc(-n5c6ccccc6c6cc(-c7cccc8c7-c7ccccc7C87c8ccccc8Oc8ccccc87)ccc65)c4)n3)cc2)cc1. The molecule has 0 atom stereocenters. The molecule has 330 valence electrons. The van der Waals surface area contributed by atoms with Gasteiger partial charge in [0.05, 0.1) is 28.1 Å². The Kier molecular flexibility index (Phi) is 9.07. The van der Waals surface area contributed by atoms with E-state index >= 15 is 0 Å². The minimum absolute atomic E-state index is 0.544. The smallest absolute Gasteiger partial charge is 0.164 e. The Balaban J connectivity index is 0.898. The van der Waals surface area contributed by atoms with Crippen molar-refractivity contribution >= 4 is 21.8 Å². The molecule has 0 fully saturated rings. The van der Waals surface area contributed by atoms with Crippen molar-refractivity contribution in [3.63, 3.8) is 0 Å². The second-order valence-corrected chi connectivity index (χ2v) is 18.2. The van der Waals surface area contributed by atoms with Crippen LogP contribution in [-0.2, 0) is 5.41 Å². The monoisotopic (exact) mass is 905 g/mol. The molecule has 6 heteroatoms. The molecule has 12 aromatic rings. The fourth-order valence-corrected chi connectivity index (χ4v) is 11.2. The molecule has 71 heavy (non-hydrogen) atoms. The van der Waals surface area contributed by atoms with Gasteiger partial charge in [-0.2, -0.15) is 5.26 Å². The Bertz CT molecular complexity index is 4100. The molecule has 1 aliphatic heterocycles. The molecule has 2 aliphatic rings. The number of para-hydroxylation sites is 3. The van der Waals surface area contributed by atoms with E-state index in [2.05, 4.69) is 180 Å². The van der Waals surface area contributed by atoms with E-state index in [0.29, 0.717) is 23.0 Å². The zero-order chi connectivity index (χ0) is 47.0. The lowest BCUT2D eigenvalue weighted by molar-refractivity contribution is 0.436. The zero-order valence-electron chi connectivity index (χ0n) is 38.2. The minimum atomic E-state index is -0.544. The van der Waals surface area contributed by atoms with Gasteiger partial charge in [0.15, 0.2) is 17.5 Å². The van der Waals surface area contributed by atoms with Crippen LogP contribution in [0.25, 0.3) is 95.0 Å². The third-order valence-corrected chi connectivity index (χ3v) is 14.4. The molecule has 3 heterocycles. The van der Waals surface area contributed by atoms with Gasteiger partial charge in [0.1, 0.15) is 11.5 Å². The molecule has 0 saturated heterocycles. The second-order valence-electron chi connectivity index (χ2n) is 18.2. The van der Waals surface area contributed by atoms with Crippen LogP contribution >= 0.6 is 0 Å². The van der Waals surface area contributed by atoms with E-state index in [4.69, 9.17) is 19.7 Å². The highest BCUT2D eigenvalue weighted by molar-refractivity contribution is 6.11. The van der Waals surface area contributed by atoms with Crippen molar-refractivity contribution < 1.29 is 4.74 Å². The van der Waals surface area contributed by atoms with Crippen molar-refractivity contribution in [1.29, 1.82) is 5.26 Å². The summed E-state index contributed by atoms with van der Waals surface area (Å²) < 4.78 is 8.98. The molecule has 0 unspecified atom stereocenters. The number of hydrogen-bond donors (Lipinski definition) is 0. The first kappa shape index (κ1) is 40.4. The van der Waals surface area contributed by atoms with Gasteiger partial charge in [-0.15, -0.1) is 0 Å². The Morgan fingerprint density at radius 2 is 0.901 bits per heavy atom. The van der Waals surface area contributed by atoms with Crippen LogP contribution in [0.3, 0.4) is 0 Å². The third-order valence-electron chi connectivity index (χ3n) is 14.4. The Hall–Kier alpha value is -9.70. The summed E-state index contributed by atoms with van der Waals surface area (Å²) >= 11 is 0. The fraction of sp³-hybridized carbons (Fsp3) is 0.0154. The zero-order valence-corrected chi connectivity index (χ0v) is 38.2. The van der Waals surface area contributed by atoms with E-state index in [1.807, 2.05) is 66.7 Å². The standard InChI is InChI=1S/C65H39N5O/c66-40-41-28-30-42(31-29-41)43-32-34-45(35-33-43)63-67-62(44-14-2-1-3-15-44)68-64(69-63)47-16-12-17-48(38-47)70-57-25-9-5-18-50(57)52-39-46(36-37-58(52)70)49-20-13-24-56-61(49)51-19-4-6-21-53(51)65(56)54-22-7-10-26-59(54)71-60-27-11-8-23-55(60)65/h1-39H. The predicted molar refractivity (Wildman–Crippen MR) is 283 cm³/mol. The molecule has 1 aliphatic carbocycles. The highest BCUT2D eigenvalue weighted by Crippen LogP contribution is 2.63. The van der Waals surface area contributed by atoms with Gasteiger partial charge in [0, 0.05) is 44.3 Å². The molecular weight excluding hydrogens is 867 g/mol. The Morgan fingerprint density at radius 1 is 0.380 bits per heavy atom. The number of rotatable bonds is 6. The number of nitriles is 1. The van der Waals surface area contributed by atoms with E-state index in [-0.39, 0.29) is 0 Å². The van der Waals surface area contributed by atoms with E-state index in [1.54, 1.807) is 0 Å². The van der Waals surface area contributed by atoms with Gasteiger partial charge >= 0.3 is 0 Å². The van der Waals surface area contributed by atoms with Crippen LogP contribution in [0.5, 0.6) is 11.5 Å². The topological polar surface area (TPSA) is 76.6 Å². The van der Waals surface area contributed by atoms with E-state index in [9.17, 15) is 5.26 Å². The quantitative estimate of drug-likeness (QED) is 0.166. The van der Waals surface area contributed by atoms with Gasteiger partial charge in [-0.3, -0.25) is 0 Å². The highest BCUT2D eigenvalue weighted by Gasteiger charge is 2.51. The van der Waals surface area contributed by atoms with Crippen LogP contribution in [0, 0.1) is 11.3 Å². The van der Waals surface area contributed by atoms with Crippen molar-refractivity contribution in [3.8, 4) is 90.8 Å². The number of nitrogens with zero attached hydrogens (tertiary/aromatic N) is 5. The van der Waals surface area contributed by atoms with Crippen molar-refractivity contribution in [1.82, 2.24) is 19.5 Å². The molecule has 0 bridgehead atoms. The second kappa shape index (κ2) is 16.0. The number of hydrogen-bond acceptors (Lipinski definition) is 5. The third kappa shape index (κ3) is 6.24. The van der Waals surface area contributed by atoms with Gasteiger partial charge in [0.25, 0.3) is 0 Å². The first-order valence-corrected chi connectivity index (χ1v) is 23.8. The molecular formula is C65H39N5O. The molecule has 0 saturated carbocycles. The van der Waals surface area contributed by atoms with Crippen molar-refractivity contribution in [2.75, 3.05) is 0 Å². The van der Waals surface area contributed by atoms with Crippen LogP contribution in [0.1, 0.15) is 27.8 Å². The van der Waals surface area contributed by atoms with Crippen LogP contribution in [0.2, 0.25) is 0 Å². The van der Waals surface area contributed by atoms with E-state index in [1.165, 1.54) is 38.6 Å². The lowest BCUT2D eigenvalue weighted by atomic mass is 9.66. The molecule has 0 radical (unpaired) electrons. The summed E-state index contributed by atoms with van der Waals surface area (Å²) in [5, 5.41) is 11.6. The molecule has 14 rings (SSSR count). The molecule has 10 aromatic carbocycles. The van der Waals surface area contributed by atoms with Gasteiger partial charge in [0.2, 0.25) is 0 Å². The van der Waals surface area contributed by atoms with Gasteiger partial charge in [-0.1, -0.05) is 182 Å². The van der Waals surface area contributed by atoms with Crippen molar-refractivity contribution in [3.05, 3.63) is 264 Å². The van der Waals surface area contributed by atoms with Crippen LogP contribution in [0.15, 0.2) is 237 Å². The van der Waals surface area contributed by atoms with Gasteiger partial charge in [-0.25, -0.2) is 15.0 Å². The van der Waals surface area contributed by atoms with Crippen molar-refractivity contribution in [2.45, 2.75) is 5.41 Å². The Labute approximate surface area is 410 Å². The number of benzene rings is 10. The van der Waals surface area contributed by atoms with Crippen LogP contribution in [-0.4, -0.2) is 19.5 Å². The predicted octanol–water partition coefficient (Wildman–Crippen LogP) is 15.6. The maximum Gasteiger partial charge on any atom is 0.164 e. The fourth-order valence-electron chi connectivity index (χ4n) is 11.2. The molecule has 6 nitrogen and oxygen atoms in total. The van der Waals surface area contributed by atoms with Gasteiger partial charge in [-0.05, 0) is 99.1 Å². The van der Waals surface area contributed by atoms with E-state index < -0.39 is 5.41 Å². The summed E-state index contributed by atoms with van der Waals surface area (Å²) in [7, 11) is 0. The highest BCUT2D eigenvalue weighted by atomic mass is 16.5. The summed E-state index contributed by atoms with van der Waals surface area (Å²) in [4.78, 5) is 15.3. The summed E-state index contributed by atoms with van der Waals surface area (Å²) in [5.74, 6) is 3.54. The summed E-state index contributed by atoms with van der Waals surface area (Å²) in [6.45, 7) is 0. The number of fused-ring (bicyclic) bond motifs is 12. The first-order valence-electron chi connectivity index (χ1n) is 23.8. The summed E-state index contributed by atoms with van der Waals surface area (Å²) in [6.07, 6.45) is 0. The summed E-state index contributed by atoms with van der Waals surface area (Å²) in [5.41, 5.74) is 17.7. The van der Waals surface area contributed by atoms with Crippen LogP contribution < -0.4 is 4.74 Å². The van der Waals surface area contributed by atoms with Crippen LogP contribution in [0.4, 0.5) is 0 Å². The molecule has 1 spiro atoms. The number of aromatic nitrogens is 4.